The van der Waals surface area contributed by atoms with Crippen molar-refractivity contribution in [3.8, 4) is 0 Å². The Morgan fingerprint density at radius 2 is 1.60 bits per heavy atom. The summed E-state index contributed by atoms with van der Waals surface area (Å²) < 4.78 is 78.5. The van der Waals surface area contributed by atoms with Crippen molar-refractivity contribution in [2.24, 2.45) is 0 Å². The van der Waals surface area contributed by atoms with E-state index in [-0.39, 0.29) is 30.2 Å². The van der Waals surface area contributed by atoms with E-state index in [1.807, 2.05) is 0 Å². The molecule has 1 heterocycles. The Hall–Kier alpha value is -3.57. The molecule has 35 heavy (non-hydrogen) atoms. The number of urea groups is 1. The highest BCUT2D eigenvalue weighted by molar-refractivity contribution is 5.89. The van der Waals surface area contributed by atoms with Crippen LogP contribution in [0.3, 0.4) is 0 Å². The number of carbonyl (C=O) groups is 1. The van der Waals surface area contributed by atoms with Gasteiger partial charge in [0.05, 0.1) is 16.6 Å². The van der Waals surface area contributed by atoms with Crippen molar-refractivity contribution < 1.29 is 31.1 Å². The monoisotopic (exact) mass is 497 g/mol. The van der Waals surface area contributed by atoms with E-state index < -0.39 is 29.5 Å². The van der Waals surface area contributed by atoms with Crippen LogP contribution in [0, 0.1) is 0 Å². The Morgan fingerprint density at radius 3 is 2.23 bits per heavy atom. The molecule has 12 heteroatoms. The Bertz CT molecular complexity index is 1190. The SMILES string of the molecule is O=C(Nc1ncc2ccc(NCc3cc(C(F)(F)F)cc(C(F)(F)F)c3)cc2n1)NC1CCCC1. The molecule has 2 amide bonds. The number of rotatable bonds is 5. The van der Waals surface area contributed by atoms with Gasteiger partial charge in [0.15, 0.2) is 0 Å². The molecular formula is C23H21F6N5O. The Morgan fingerprint density at radius 1 is 0.943 bits per heavy atom. The molecule has 3 N–H and O–H groups in total. The van der Waals surface area contributed by atoms with E-state index in [0.29, 0.717) is 28.7 Å². The molecule has 1 saturated carbocycles. The third kappa shape index (κ3) is 6.31. The molecule has 0 bridgehead atoms. The highest BCUT2D eigenvalue weighted by atomic mass is 19.4. The van der Waals surface area contributed by atoms with Crippen LogP contribution in [0.1, 0.15) is 42.4 Å². The number of fused-ring (bicyclic) bond motifs is 1. The number of hydrogen-bond acceptors (Lipinski definition) is 4. The number of hydrogen-bond donors (Lipinski definition) is 3. The summed E-state index contributed by atoms with van der Waals surface area (Å²) in [7, 11) is 0. The topological polar surface area (TPSA) is 78.9 Å². The minimum Gasteiger partial charge on any atom is -0.381 e. The van der Waals surface area contributed by atoms with E-state index in [0.717, 1.165) is 25.7 Å². The average Bonchev–Trinajstić information content (AvgIpc) is 3.29. The molecule has 1 fully saturated rings. The number of halogens is 6. The second-order valence-electron chi connectivity index (χ2n) is 8.31. The van der Waals surface area contributed by atoms with Gasteiger partial charge >= 0.3 is 18.4 Å². The van der Waals surface area contributed by atoms with Crippen LogP contribution in [0.15, 0.2) is 42.6 Å². The number of benzene rings is 2. The molecule has 0 atom stereocenters. The van der Waals surface area contributed by atoms with Crippen molar-refractivity contribution in [3.05, 3.63) is 59.3 Å². The summed E-state index contributed by atoms with van der Waals surface area (Å²) in [5.74, 6) is 0.0674. The molecule has 0 radical (unpaired) electrons. The van der Waals surface area contributed by atoms with E-state index in [1.165, 1.54) is 6.20 Å². The van der Waals surface area contributed by atoms with Crippen LogP contribution in [0.5, 0.6) is 0 Å². The van der Waals surface area contributed by atoms with E-state index >= 15 is 0 Å². The summed E-state index contributed by atoms with van der Waals surface area (Å²) in [6.45, 7) is -0.279. The maximum Gasteiger partial charge on any atom is 0.416 e. The molecule has 0 saturated heterocycles. The second kappa shape index (κ2) is 9.59. The molecule has 1 aliphatic carbocycles. The van der Waals surface area contributed by atoms with Gasteiger partial charge < -0.3 is 10.6 Å². The fourth-order valence-electron chi connectivity index (χ4n) is 3.91. The van der Waals surface area contributed by atoms with Gasteiger partial charge in [0.25, 0.3) is 0 Å². The summed E-state index contributed by atoms with van der Waals surface area (Å²) in [4.78, 5) is 20.5. The van der Waals surface area contributed by atoms with Crippen LogP contribution in [0.2, 0.25) is 0 Å². The molecule has 0 aliphatic heterocycles. The van der Waals surface area contributed by atoms with E-state index in [9.17, 15) is 31.1 Å². The lowest BCUT2D eigenvalue weighted by Gasteiger charge is -2.15. The summed E-state index contributed by atoms with van der Waals surface area (Å²) in [5.41, 5.74) is -2.07. The maximum atomic E-state index is 13.1. The first-order valence-electron chi connectivity index (χ1n) is 10.8. The van der Waals surface area contributed by atoms with Crippen molar-refractivity contribution >= 4 is 28.6 Å². The molecule has 6 nitrogen and oxygen atoms in total. The van der Waals surface area contributed by atoms with Crippen molar-refractivity contribution in [3.63, 3.8) is 0 Å². The number of anilines is 2. The fraction of sp³-hybridized carbons (Fsp3) is 0.348. The molecule has 4 rings (SSSR count). The van der Waals surface area contributed by atoms with Crippen LogP contribution in [-0.2, 0) is 18.9 Å². The summed E-state index contributed by atoms with van der Waals surface area (Å²) >= 11 is 0. The Labute approximate surface area is 196 Å². The van der Waals surface area contributed by atoms with Crippen molar-refractivity contribution in [1.29, 1.82) is 0 Å². The lowest BCUT2D eigenvalue weighted by atomic mass is 10.0. The van der Waals surface area contributed by atoms with Gasteiger partial charge in [-0.15, -0.1) is 0 Å². The normalized spacial score (nSPS) is 14.8. The molecule has 1 aromatic heterocycles. The lowest BCUT2D eigenvalue weighted by Crippen LogP contribution is -2.36. The first-order chi connectivity index (χ1) is 16.5. The van der Waals surface area contributed by atoms with Gasteiger partial charge in [-0.05, 0) is 54.8 Å². The molecule has 1 aliphatic rings. The van der Waals surface area contributed by atoms with Crippen molar-refractivity contribution in [2.45, 2.75) is 50.6 Å². The van der Waals surface area contributed by atoms with Gasteiger partial charge in [-0.1, -0.05) is 12.8 Å². The average molecular weight is 497 g/mol. The van der Waals surface area contributed by atoms with Crippen LogP contribution >= 0.6 is 0 Å². The van der Waals surface area contributed by atoms with Gasteiger partial charge in [-0.3, -0.25) is 5.32 Å². The van der Waals surface area contributed by atoms with Gasteiger partial charge in [-0.25, -0.2) is 14.8 Å². The van der Waals surface area contributed by atoms with Crippen LogP contribution in [0.25, 0.3) is 10.9 Å². The highest BCUT2D eigenvalue weighted by Gasteiger charge is 2.36. The number of carbonyl (C=O) groups excluding carboxylic acids is 1. The van der Waals surface area contributed by atoms with Crippen LogP contribution < -0.4 is 16.0 Å². The zero-order valence-electron chi connectivity index (χ0n) is 18.2. The highest BCUT2D eigenvalue weighted by Crippen LogP contribution is 2.36. The van der Waals surface area contributed by atoms with Crippen LogP contribution in [0.4, 0.5) is 42.8 Å². The molecular weight excluding hydrogens is 476 g/mol. The number of nitrogens with zero attached hydrogens (tertiary/aromatic N) is 2. The third-order valence-corrected chi connectivity index (χ3v) is 5.64. The van der Waals surface area contributed by atoms with Gasteiger partial charge in [0.1, 0.15) is 0 Å². The first-order valence-corrected chi connectivity index (χ1v) is 10.8. The first kappa shape index (κ1) is 24.6. The zero-order chi connectivity index (χ0) is 25.2. The number of amides is 2. The van der Waals surface area contributed by atoms with E-state index in [1.54, 1.807) is 18.2 Å². The minimum absolute atomic E-state index is 0.0674. The lowest BCUT2D eigenvalue weighted by molar-refractivity contribution is -0.143. The minimum atomic E-state index is -4.91. The number of alkyl halides is 6. The fourth-order valence-corrected chi connectivity index (χ4v) is 3.91. The number of nitrogens with one attached hydrogen (secondary N) is 3. The van der Waals surface area contributed by atoms with Gasteiger partial charge in [0.2, 0.25) is 5.95 Å². The molecule has 2 aromatic carbocycles. The molecule has 0 unspecified atom stereocenters. The molecule has 3 aromatic rings. The standard InChI is InChI=1S/C23H21F6N5O/c24-22(25,26)15-7-13(8-16(9-15)23(27,28)29)11-30-18-6-5-14-12-31-20(33-19(14)10-18)34-21(35)32-17-3-1-2-4-17/h5-10,12,17,30H,1-4,11H2,(H2,31,32,33,34,35). The molecule has 186 valence electrons. The smallest absolute Gasteiger partial charge is 0.381 e. The Balaban J connectivity index is 1.49. The van der Waals surface area contributed by atoms with E-state index in [4.69, 9.17) is 0 Å². The molecule has 0 spiro atoms. The van der Waals surface area contributed by atoms with Crippen molar-refractivity contribution in [2.75, 3.05) is 10.6 Å². The number of aromatic nitrogens is 2. The van der Waals surface area contributed by atoms with Crippen molar-refractivity contribution in [1.82, 2.24) is 15.3 Å². The summed E-state index contributed by atoms with van der Waals surface area (Å²) in [6.07, 6.45) is -4.38. The summed E-state index contributed by atoms with van der Waals surface area (Å²) in [6, 6.07) is 5.95. The largest absolute Gasteiger partial charge is 0.416 e. The van der Waals surface area contributed by atoms with Gasteiger partial charge in [0, 0.05) is 29.9 Å². The zero-order valence-corrected chi connectivity index (χ0v) is 18.2. The maximum absolute atomic E-state index is 13.1. The van der Waals surface area contributed by atoms with E-state index in [2.05, 4.69) is 25.9 Å². The predicted octanol–water partition coefficient (Wildman–Crippen LogP) is 6.34. The quantitative estimate of drug-likeness (QED) is 0.359. The Kier molecular flexibility index (Phi) is 6.73. The van der Waals surface area contributed by atoms with Crippen LogP contribution in [-0.4, -0.2) is 22.0 Å². The third-order valence-electron chi connectivity index (χ3n) is 5.64. The predicted molar refractivity (Wildman–Crippen MR) is 118 cm³/mol. The van der Waals surface area contributed by atoms with Gasteiger partial charge in [-0.2, -0.15) is 26.3 Å². The second-order valence-corrected chi connectivity index (χ2v) is 8.31. The summed E-state index contributed by atoms with van der Waals surface area (Å²) in [5, 5.41) is 8.89.